The van der Waals surface area contributed by atoms with Gasteiger partial charge in [-0.3, -0.25) is 0 Å². The average molecular weight is 338 g/mol. The molecule has 3 aromatic rings. The summed E-state index contributed by atoms with van der Waals surface area (Å²) in [6.45, 7) is 0. The second-order valence-corrected chi connectivity index (χ2v) is 6.45. The zero-order chi connectivity index (χ0) is 17.4. The van der Waals surface area contributed by atoms with Crippen molar-refractivity contribution in [2.45, 2.75) is 37.8 Å². The zero-order valence-electron chi connectivity index (χ0n) is 13.6. The van der Waals surface area contributed by atoms with E-state index in [0.717, 1.165) is 31.1 Å². The summed E-state index contributed by atoms with van der Waals surface area (Å²) in [5.41, 5.74) is 0.0695. The first-order valence-corrected chi connectivity index (χ1v) is 8.30. The van der Waals surface area contributed by atoms with Crippen molar-refractivity contribution in [3.05, 3.63) is 24.8 Å². The molecule has 1 aliphatic rings. The minimum atomic E-state index is -1.52. The molecule has 3 N–H and O–H groups in total. The summed E-state index contributed by atoms with van der Waals surface area (Å²) in [6.07, 6.45) is 8.12. The van der Waals surface area contributed by atoms with Crippen LogP contribution in [0.4, 0.5) is 0 Å². The van der Waals surface area contributed by atoms with E-state index < -0.39 is 5.72 Å². The van der Waals surface area contributed by atoms with Crippen LogP contribution < -0.4 is 0 Å². The maximum atomic E-state index is 11.2. The smallest absolute Gasteiger partial charge is 0.221 e. The van der Waals surface area contributed by atoms with Crippen molar-refractivity contribution in [3.63, 3.8) is 0 Å². The number of rotatable bonds is 4. The summed E-state index contributed by atoms with van der Waals surface area (Å²) >= 11 is 0. The standard InChI is InChI=1S/C17H18N6O2/c18-7-6-17(25,11-3-1-2-4-11)23-16(24)13(9-22-23)14-12-5-8-19-15(12)21-10-20-14/h5,8-11,24-25H,1-4,6H2,(H,19,20,21). The number of H-pyrrole nitrogens is 1. The van der Waals surface area contributed by atoms with Crippen LogP contribution in [0.1, 0.15) is 32.1 Å². The number of hydrogen-bond donors (Lipinski definition) is 3. The molecule has 0 amide bonds. The average Bonchev–Trinajstić information content (AvgIpc) is 3.35. The second-order valence-electron chi connectivity index (χ2n) is 6.45. The van der Waals surface area contributed by atoms with Gasteiger partial charge in [0.1, 0.15) is 12.0 Å². The van der Waals surface area contributed by atoms with Crippen molar-refractivity contribution in [2.24, 2.45) is 5.92 Å². The first-order valence-electron chi connectivity index (χ1n) is 8.30. The Morgan fingerprint density at radius 3 is 2.92 bits per heavy atom. The van der Waals surface area contributed by atoms with Crippen LogP contribution in [0, 0.1) is 17.2 Å². The van der Waals surface area contributed by atoms with E-state index >= 15 is 0 Å². The fourth-order valence-corrected chi connectivity index (χ4v) is 3.78. The lowest BCUT2D eigenvalue weighted by Crippen LogP contribution is -2.40. The van der Waals surface area contributed by atoms with Gasteiger partial charge >= 0.3 is 0 Å². The predicted octanol–water partition coefficient (Wildman–Crippen LogP) is 2.28. The van der Waals surface area contributed by atoms with E-state index in [0.29, 0.717) is 16.9 Å². The number of nitrogens with one attached hydrogen (secondary N) is 1. The van der Waals surface area contributed by atoms with E-state index in [-0.39, 0.29) is 18.2 Å². The fraction of sp³-hybridized carbons (Fsp3) is 0.412. The number of nitriles is 1. The molecule has 1 unspecified atom stereocenters. The van der Waals surface area contributed by atoms with Crippen molar-refractivity contribution in [3.8, 4) is 23.2 Å². The molecule has 1 saturated carbocycles. The van der Waals surface area contributed by atoms with Crippen molar-refractivity contribution in [1.29, 1.82) is 5.26 Å². The third kappa shape index (κ3) is 2.36. The SMILES string of the molecule is N#CCC(O)(C1CCCC1)n1ncc(-c2ncnc3[nH]ccc23)c1O. The lowest BCUT2D eigenvalue weighted by Gasteiger charge is -2.32. The van der Waals surface area contributed by atoms with Gasteiger partial charge in [-0.25, -0.2) is 14.6 Å². The Morgan fingerprint density at radius 2 is 2.16 bits per heavy atom. The summed E-state index contributed by atoms with van der Waals surface area (Å²) in [5, 5.41) is 36.1. The number of aromatic amines is 1. The van der Waals surface area contributed by atoms with Crippen molar-refractivity contribution >= 4 is 11.0 Å². The Hall–Kier alpha value is -2.92. The highest BCUT2D eigenvalue weighted by Crippen LogP contribution is 2.43. The van der Waals surface area contributed by atoms with E-state index in [1.165, 1.54) is 17.2 Å². The van der Waals surface area contributed by atoms with Crippen LogP contribution in [-0.4, -0.2) is 34.9 Å². The molecular formula is C17H18N6O2. The Kier molecular flexibility index (Phi) is 3.66. The molecule has 25 heavy (non-hydrogen) atoms. The predicted molar refractivity (Wildman–Crippen MR) is 89.2 cm³/mol. The number of fused-ring (bicyclic) bond motifs is 1. The van der Waals surface area contributed by atoms with Crippen molar-refractivity contribution < 1.29 is 10.2 Å². The lowest BCUT2D eigenvalue weighted by molar-refractivity contribution is -0.0999. The van der Waals surface area contributed by atoms with Gasteiger partial charge in [-0.1, -0.05) is 12.8 Å². The van der Waals surface area contributed by atoms with Crippen LogP contribution in [0.3, 0.4) is 0 Å². The molecule has 0 aliphatic heterocycles. The normalized spacial score (nSPS) is 17.6. The van der Waals surface area contributed by atoms with Gasteiger partial charge in [0.25, 0.3) is 0 Å². The highest BCUT2D eigenvalue weighted by Gasteiger charge is 2.43. The lowest BCUT2D eigenvalue weighted by atomic mass is 9.91. The van der Waals surface area contributed by atoms with E-state index in [1.807, 2.05) is 12.1 Å². The van der Waals surface area contributed by atoms with Gasteiger partial charge in [0, 0.05) is 17.5 Å². The van der Waals surface area contributed by atoms with Crippen LogP contribution >= 0.6 is 0 Å². The summed E-state index contributed by atoms with van der Waals surface area (Å²) in [4.78, 5) is 11.4. The molecule has 3 aromatic heterocycles. The minimum Gasteiger partial charge on any atom is -0.493 e. The first kappa shape index (κ1) is 15.6. The van der Waals surface area contributed by atoms with Gasteiger partial charge in [-0.05, 0) is 18.9 Å². The quantitative estimate of drug-likeness (QED) is 0.670. The van der Waals surface area contributed by atoms with Crippen molar-refractivity contribution in [1.82, 2.24) is 24.7 Å². The topological polar surface area (TPSA) is 124 Å². The molecule has 0 aromatic carbocycles. The molecule has 1 fully saturated rings. The third-order valence-corrected chi connectivity index (χ3v) is 5.07. The molecule has 0 saturated heterocycles. The maximum absolute atomic E-state index is 11.2. The minimum absolute atomic E-state index is 0.108. The summed E-state index contributed by atoms with van der Waals surface area (Å²) < 4.78 is 1.18. The molecular weight excluding hydrogens is 320 g/mol. The number of nitrogens with zero attached hydrogens (tertiary/aromatic N) is 5. The number of aromatic hydroxyl groups is 1. The van der Waals surface area contributed by atoms with Gasteiger partial charge in [-0.2, -0.15) is 10.4 Å². The van der Waals surface area contributed by atoms with Crippen LogP contribution in [0.15, 0.2) is 24.8 Å². The zero-order valence-corrected chi connectivity index (χ0v) is 13.6. The molecule has 1 atom stereocenters. The molecule has 8 heteroatoms. The molecule has 4 rings (SSSR count). The van der Waals surface area contributed by atoms with Crippen LogP contribution in [0.5, 0.6) is 5.88 Å². The van der Waals surface area contributed by atoms with E-state index in [1.54, 1.807) is 6.20 Å². The summed E-state index contributed by atoms with van der Waals surface area (Å²) in [6, 6.07) is 3.85. The van der Waals surface area contributed by atoms with Crippen LogP contribution in [0.25, 0.3) is 22.3 Å². The van der Waals surface area contributed by atoms with Gasteiger partial charge in [0.2, 0.25) is 5.88 Å². The highest BCUT2D eigenvalue weighted by atomic mass is 16.3. The van der Waals surface area contributed by atoms with Gasteiger partial charge < -0.3 is 15.2 Å². The fourth-order valence-electron chi connectivity index (χ4n) is 3.78. The van der Waals surface area contributed by atoms with Crippen LogP contribution in [0.2, 0.25) is 0 Å². The first-order chi connectivity index (χ1) is 12.1. The summed E-state index contributed by atoms with van der Waals surface area (Å²) in [5.74, 6) is -0.297. The van der Waals surface area contributed by atoms with E-state index in [9.17, 15) is 15.5 Å². The van der Waals surface area contributed by atoms with Crippen molar-refractivity contribution in [2.75, 3.05) is 0 Å². The van der Waals surface area contributed by atoms with E-state index in [4.69, 9.17) is 0 Å². The molecule has 0 radical (unpaired) electrons. The molecule has 3 heterocycles. The number of aromatic nitrogens is 5. The third-order valence-electron chi connectivity index (χ3n) is 5.07. The Morgan fingerprint density at radius 1 is 1.36 bits per heavy atom. The number of hydrogen-bond acceptors (Lipinski definition) is 6. The largest absolute Gasteiger partial charge is 0.493 e. The van der Waals surface area contributed by atoms with Gasteiger partial charge in [-0.15, -0.1) is 0 Å². The van der Waals surface area contributed by atoms with E-state index in [2.05, 4.69) is 20.1 Å². The monoisotopic (exact) mass is 338 g/mol. The van der Waals surface area contributed by atoms with Crippen LogP contribution in [-0.2, 0) is 5.72 Å². The molecule has 1 aliphatic carbocycles. The van der Waals surface area contributed by atoms with Gasteiger partial charge in [0.15, 0.2) is 5.72 Å². The Balaban J connectivity index is 1.83. The maximum Gasteiger partial charge on any atom is 0.221 e. The summed E-state index contributed by atoms with van der Waals surface area (Å²) in [7, 11) is 0. The van der Waals surface area contributed by atoms with Gasteiger partial charge in [0.05, 0.1) is 29.9 Å². The molecule has 128 valence electrons. The molecule has 0 bridgehead atoms. The molecule has 8 nitrogen and oxygen atoms in total. The second kappa shape index (κ2) is 5.86. The Bertz CT molecular complexity index is 950. The Labute approximate surface area is 143 Å². The molecule has 0 spiro atoms. The number of aliphatic hydroxyl groups is 1. The highest BCUT2D eigenvalue weighted by molar-refractivity contribution is 5.91.